The molecule has 0 atom stereocenters. The zero-order chi connectivity index (χ0) is 27.2. The van der Waals surface area contributed by atoms with Crippen LogP contribution in [-0.4, -0.2) is 6.88 Å². The van der Waals surface area contributed by atoms with Crippen molar-refractivity contribution in [2.75, 3.05) is 0 Å². The maximum absolute atomic E-state index is 3.06. The van der Waals surface area contributed by atoms with Crippen LogP contribution in [0.4, 0.5) is 0 Å². The van der Waals surface area contributed by atoms with Gasteiger partial charge in [-0.25, -0.2) is 0 Å². The van der Waals surface area contributed by atoms with Crippen LogP contribution in [0.5, 0.6) is 0 Å². The molecule has 0 N–H and O–H groups in total. The van der Waals surface area contributed by atoms with Crippen LogP contribution in [0.1, 0.15) is 42.0 Å². The molecule has 0 heterocycles. The van der Waals surface area contributed by atoms with E-state index in [0.29, 0.717) is 5.92 Å². The molecule has 0 bridgehead atoms. The molecule has 0 aromatic heterocycles. The summed E-state index contributed by atoms with van der Waals surface area (Å²) in [6.07, 6.45) is 0. The molecule has 6 rings (SSSR count). The predicted octanol–water partition coefficient (Wildman–Crippen LogP) is 11.9. The standard InChI is InChI=1S/C19H19.C17H15.2CH3.2ClH.Si.Zr/c1-13(2)16-11-15-8-6-10-18(19(15)12-16)17-9-5-4-7-14(17)3;1-12-10-16-13(2)8-9-15(17(16)11-12)14-6-4-3-5-7-14;;;;;;/h4-13H,1-3H3;3-11H,1-2H3;2*1H3;2*1H;;/q4*-1;;;;. The number of hydrogen-bond donors (Lipinski definition) is 0. The minimum absolute atomic E-state index is 0. The second-order valence-electron chi connectivity index (χ2n) is 10.2. The van der Waals surface area contributed by atoms with Gasteiger partial charge in [-0.05, 0) is 29.5 Å². The minimum atomic E-state index is 0. The molecule has 42 heavy (non-hydrogen) atoms. The van der Waals surface area contributed by atoms with Crippen molar-refractivity contribution in [3.05, 3.63) is 146 Å². The summed E-state index contributed by atoms with van der Waals surface area (Å²) < 4.78 is 0. The van der Waals surface area contributed by atoms with Crippen molar-refractivity contribution in [3.63, 3.8) is 0 Å². The first kappa shape index (κ1) is 39.8. The van der Waals surface area contributed by atoms with Crippen LogP contribution >= 0.6 is 24.8 Å². The summed E-state index contributed by atoms with van der Waals surface area (Å²) in [5, 5.41) is 5.47. The van der Waals surface area contributed by atoms with E-state index in [1.807, 2.05) is 0 Å². The van der Waals surface area contributed by atoms with Crippen LogP contribution in [0, 0.1) is 35.6 Å². The van der Waals surface area contributed by atoms with E-state index in [0.717, 1.165) is 0 Å². The van der Waals surface area contributed by atoms with Gasteiger partial charge in [-0.15, -0.1) is 93.4 Å². The third-order valence-electron chi connectivity index (χ3n) is 7.21. The van der Waals surface area contributed by atoms with Crippen molar-refractivity contribution in [2.24, 2.45) is 0 Å². The second kappa shape index (κ2) is 18.4. The maximum atomic E-state index is 3.06. The number of fused-ring (bicyclic) bond motifs is 2. The molecule has 0 amide bonds. The van der Waals surface area contributed by atoms with Gasteiger partial charge in [0.2, 0.25) is 0 Å². The Morgan fingerprint density at radius 2 is 1.21 bits per heavy atom. The fourth-order valence-electron chi connectivity index (χ4n) is 5.16. The molecule has 6 aromatic rings. The molecule has 0 spiro atoms. The van der Waals surface area contributed by atoms with E-state index >= 15 is 0 Å². The fraction of sp³-hybridized carbons (Fsp3) is 0.158. The Morgan fingerprint density at radius 1 is 0.595 bits per heavy atom. The molecular formula is C38H42Cl2SiZr-4. The normalized spacial score (nSPS) is 9.64. The third kappa shape index (κ3) is 8.90. The summed E-state index contributed by atoms with van der Waals surface area (Å²) in [6, 6.07) is 39.5. The van der Waals surface area contributed by atoms with Crippen molar-refractivity contribution in [1.82, 2.24) is 0 Å². The van der Waals surface area contributed by atoms with Crippen LogP contribution in [0.25, 0.3) is 43.8 Å². The summed E-state index contributed by atoms with van der Waals surface area (Å²) in [7, 11) is 0. The van der Waals surface area contributed by atoms with E-state index in [9.17, 15) is 0 Å². The Kier molecular flexibility index (Phi) is 17.5. The molecule has 4 heteroatoms. The molecule has 0 unspecified atom stereocenters. The number of hydrogen-bond acceptors (Lipinski definition) is 0. The van der Waals surface area contributed by atoms with Crippen molar-refractivity contribution in [3.8, 4) is 22.3 Å². The van der Waals surface area contributed by atoms with Crippen LogP contribution in [0.2, 0.25) is 0 Å². The quantitative estimate of drug-likeness (QED) is 0.128. The van der Waals surface area contributed by atoms with Crippen LogP contribution in [0.15, 0.2) is 109 Å². The molecule has 0 saturated heterocycles. The Morgan fingerprint density at radius 3 is 1.86 bits per heavy atom. The monoisotopic (exact) mass is 686 g/mol. The molecule has 0 aliphatic rings. The zero-order valence-corrected chi connectivity index (χ0v) is 30.9. The number of benzene rings is 4. The van der Waals surface area contributed by atoms with Gasteiger partial charge in [0.25, 0.3) is 0 Å². The topological polar surface area (TPSA) is 0 Å². The SMILES string of the molecule is Cc1cc2c(-c3ccccc3)ccc(C)c2[cH-]1.Cc1ccccc1-c1cccc2[cH-]c(C(C)C)cc12.Cl.Cl.[CH3-].[CH3-].[Si]=[Zr]. The molecular weight excluding hydrogens is 647 g/mol. The van der Waals surface area contributed by atoms with Gasteiger partial charge in [0, 0.05) is 0 Å². The van der Waals surface area contributed by atoms with Gasteiger partial charge < -0.3 is 14.9 Å². The fourth-order valence-corrected chi connectivity index (χ4v) is 5.16. The summed E-state index contributed by atoms with van der Waals surface area (Å²) in [5.41, 5.74) is 10.8. The first-order valence-electron chi connectivity index (χ1n) is 13.1. The molecule has 0 saturated carbocycles. The molecule has 0 nitrogen and oxygen atoms in total. The Bertz CT molecular complexity index is 1660. The van der Waals surface area contributed by atoms with Crippen molar-refractivity contribution >= 4 is 53.2 Å². The molecule has 2 radical (unpaired) electrons. The van der Waals surface area contributed by atoms with Gasteiger partial charge in [0.05, 0.1) is 0 Å². The van der Waals surface area contributed by atoms with Gasteiger partial charge in [0.15, 0.2) is 0 Å². The first-order valence-corrected chi connectivity index (χ1v) is 17.3. The average molecular weight is 689 g/mol. The van der Waals surface area contributed by atoms with E-state index in [1.54, 1.807) is 0 Å². The van der Waals surface area contributed by atoms with Crippen LogP contribution in [0.3, 0.4) is 0 Å². The van der Waals surface area contributed by atoms with Crippen molar-refractivity contribution in [2.45, 2.75) is 40.5 Å². The van der Waals surface area contributed by atoms with Crippen LogP contribution < -0.4 is 0 Å². The van der Waals surface area contributed by atoms with Gasteiger partial charge >= 0.3 is 30.2 Å². The van der Waals surface area contributed by atoms with Crippen LogP contribution in [-0.2, 0) is 23.3 Å². The summed E-state index contributed by atoms with van der Waals surface area (Å²) in [4.78, 5) is 0. The van der Waals surface area contributed by atoms with Gasteiger partial charge in [0.1, 0.15) is 0 Å². The summed E-state index contributed by atoms with van der Waals surface area (Å²) >= 11 is 1.36. The molecule has 0 fully saturated rings. The first-order chi connectivity index (χ1) is 18.4. The second-order valence-corrected chi connectivity index (χ2v) is 10.2. The summed E-state index contributed by atoms with van der Waals surface area (Å²) in [6.45, 7) is 14.1. The van der Waals surface area contributed by atoms with Crippen molar-refractivity contribution < 1.29 is 23.3 Å². The summed E-state index contributed by atoms with van der Waals surface area (Å²) in [5.74, 6) is 0.581. The van der Waals surface area contributed by atoms with Gasteiger partial charge in [-0.3, -0.25) is 0 Å². The van der Waals surface area contributed by atoms with E-state index in [-0.39, 0.29) is 39.7 Å². The Labute approximate surface area is 283 Å². The molecule has 6 aromatic carbocycles. The van der Waals surface area contributed by atoms with E-state index in [2.05, 4.69) is 151 Å². The van der Waals surface area contributed by atoms with E-state index in [1.165, 1.54) is 89.4 Å². The van der Waals surface area contributed by atoms with E-state index in [4.69, 9.17) is 0 Å². The molecule has 220 valence electrons. The van der Waals surface area contributed by atoms with E-state index < -0.39 is 0 Å². The van der Waals surface area contributed by atoms with Crippen molar-refractivity contribution in [1.29, 1.82) is 0 Å². The molecule has 0 aliphatic carbocycles. The molecule has 0 aliphatic heterocycles. The van der Waals surface area contributed by atoms with Gasteiger partial charge in [-0.2, -0.15) is 12.1 Å². The third-order valence-corrected chi connectivity index (χ3v) is 7.21. The predicted molar refractivity (Wildman–Crippen MR) is 191 cm³/mol. The Balaban J connectivity index is 0.000000696. The zero-order valence-electron chi connectivity index (χ0n) is 25.8. The number of aryl methyl sites for hydroxylation is 3. The Hall–Kier alpha value is -2.22. The average Bonchev–Trinajstić information content (AvgIpc) is 3.56. The van der Waals surface area contributed by atoms with Gasteiger partial charge in [-0.1, -0.05) is 106 Å². The number of rotatable bonds is 3. The number of halogens is 2.